The Balaban J connectivity index is 2.24. The molecule has 21 heavy (non-hydrogen) atoms. The van der Waals surface area contributed by atoms with Crippen molar-refractivity contribution in [2.75, 3.05) is 13.1 Å². The van der Waals surface area contributed by atoms with Crippen molar-refractivity contribution in [3.8, 4) is 0 Å². The number of aliphatic carboxylic acids is 1. The third-order valence-corrected chi connectivity index (χ3v) is 3.30. The van der Waals surface area contributed by atoms with E-state index in [0.717, 1.165) is 4.90 Å². The highest BCUT2D eigenvalue weighted by Gasteiger charge is 2.34. The SMILES string of the molecule is O=C(O)[C@H]1CCN(C(=O)c2cc(F)cc(C(F)(F)F)c2)C1. The van der Waals surface area contributed by atoms with Gasteiger partial charge in [-0.1, -0.05) is 0 Å². The Hall–Kier alpha value is -2.12. The van der Waals surface area contributed by atoms with Gasteiger partial charge < -0.3 is 10.0 Å². The number of carboxylic acids is 1. The van der Waals surface area contributed by atoms with Gasteiger partial charge in [0.1, 0.15) is 5.82 Å². The number of nitrogens with zero attached hydrogens (tertiary/aromatic N) is 1. The van der Waals surface area contributed by atoms with Gasteiger partial charge in [-0.2, -0.15) is 13.2 Å². The summed E-state index contributed by atoms with van der Waals surface area (Å²) in [4.78, 5) is 24.0. The molecule has 1 heterocycles. The molecule has 114 valence electrons. The highest BCUT2D eigenvalue weighted by Crippen LogP contribution is 2.31. The van der Waals surface area contributed by atoms with E-state index in [2.05, 4.69) is 0 Å². The van der Waals surface area contributed by atoms with Crippen molar-refractivity contribution >= 4 is 11.9 Å². The largest absolute Gasteiger partial charge is 0.481 e. The second-order valence-electron chi connectivity index (χ2n) is 4.80. The quantitative estimate of drug-likeness (QED) is 0.854. The van der Waals surface area contributed by atoms with Crippen molar-refractivity contribution < 1.29 is 32.3 Å². The first kappa shape index (κ1) is 15.3. The average molecular weight is 305 g/mol. The van der Waals surface area contributed by atoms with Crippen LogP contribution in [0.5, 0.6) is 0 Å². The van der Waals surface area contributed by atoms with Crippen LogP contribution in [0.2, 0.25) is 0 Å². The Bertz CT molecular complexity index is 585. The van der Waals surface area contributed by atoms with E-state index in [4.69, 9.17) is 5.11 Å². The molecule has 1 amide bonds. The fourth-order valence-corrected chi connectivity index (χ4v) is 2.21. The predicted molar refractivity (Wildman–Crippen MR) is 63.0 cm³/mol. The first-order valence-corrected chi connectivity index (χ1v) is 6.08. The Labute approximate surface area is 117 Å². The lowest BCUT2D eigenvalue weighted by atomic mass is 10.1. The lowest BCUT2D eigenvalue weighted by molar-refractivity contribution is -0.141. The van der Waals surface area contributed by atoms with Crippen LogP contribution in [0.1, 0.15) is 22.3 Å². The summed E-state index contributed by atoms with van der Waals surface area (Å²) >= 11 is 0. The van der Waals surface area contributed by atoms with Crippen LogP contribution < -0.4 is 0 Å². The first-order chi connectivity index (χ1) is 9.68. The summed E-state index contributed by atoms with van der Waals surface area (Å²) in [5, 5.41) is 8.83. The molecule has 2 rings (SSSR count). The number of benzene rings is 1. The van der Waals surface area contributed by atoms with E-state index in [9.17, 15) is 27.2 Å². The number of amides is 1. The number of hydrogen-bond acceptors (Lipinski definition) is 2. The molecule has 4 nitrogen and oxygen atoms in total. The molecule has 0 radical (unpaired) electrons. The number of rotatable bonds is 2. The van der Waals surface area contributed by atoms with E-state index in [1.54, 1.807) is 0 Å². The molecule has 0 bridgehead atoms. The zero-order valence-electron chi connectivity index (χ0n) is 10.7. The molecule has 1 atom stereocenters. The second kappa shape index (κ2) is 5.34. The zero-order chi connectivity index (χ0) is 15.8. The first-order valence-electron chi connectivity index (χ1n) is 6.08. The Morgan fingerprint density at radius 2 is 1.90 bits per heavy atom. The van der Waals surface area contributed by atoms with Gasteiger partial charge in [0.2, 0.25) is 0 Å². The number of hydrogen-bond donors (Lipinski definition) is 1. The molecule has 1 saturated heterocycles. The molecule has 0 unspecified atom stereocenters. The van der Waals surface area contributed by atoms with E-state index in [1.165, 1.54) is 0 Å². The number of halogens is 4. The summed E-state index contributed by atoms with van der Waals surface area (Å²) in [6.07, 6.45) is -4.53. The van der Waals surface area contributed by atoms with Gasteiger partial charge in [0.25, 0.3) is 5.91 Å². The third kappa shape index (κ3) is 3.32. The molecule has 0 saturated carbocycles. The number of carboxylic acid groups (broad SMARTS) is 1. The van der Waals surface area contributed by atoms with Gasteiger partial charge in [-0.25, -0.2) is 4.39 Å². The smallest absolute Gasteiger partial charge is 0.416 e. The monoisotopic (exact) mass is 305 g/mol. The zero-order valence-corrected chi connectivity index (χ0v) is 10.7. The van der Waals surface area contributed by atoms with Crippen LogP contribution in [-0.2, 0) is 11.0 Å². The fraction of sp³-hybridized carbons (Fsp3) is 0.385. The number of carbonyl (C=O) groups is 2. The summed E-state index contributed by atoms with van der Waals surface area (Å²) in [7, 11) is 0. The molecule has 0 spiro atoms. The highest BCUT2D eigenvalue weighted by molar-refractivity contribution is 5.95. The van der Waals surface area contributed by atoms with Gasteiger partial charge >= 0.3 is 12.1 Å². The minimum absolute atomic E-state index is 0.0912. The van der Waals surface area contributed by atoms with Crippen LogP contribution >= 0.6 is 0 Å². The molecule has 8 heteroatoms. The van der Waals surface area contributed by atoms with E-state index in [-0.39, 0.29) is 19.5 Å². The van der Waals surface area contributed by atoms with Gasteiger partial charge in [0.05, 0.1) is 11.5 Å². The maximum Gasteiger partial charge on any atom is 0.416 e. The summed E-state index contributed by atoms with van der Waals surface area (Å²) in [6, 6.07) is 1.59. The average Bonchev–Trinajstić information content (AvgIpc) is 2.85. The van der Waals surface area contributed by atoms with Gasteiger partial charge in [0, 0.05) is 18.7 Å². The van der Waals surface area contributed by atoms with E-state index in [0.29, 0.717) is 18.2 Å². The van der Waals surface area contributed by atoms with Crippen molar-refractivity contribution in [3.63, 3.8) is 0 Å². The summed E-state index contributed by atoms with van der Waals surface area (Å²) in [5.74, 6) is -3.78. The van der Waals surface area contributed by atoms with Crippen LogP contribution in [0, 0.1) is 11.7 Å². The highest BCUT2D eigenvalue weighted by atomic mass is 19.4. The molecular weight excluding hydrogens is 294 g/mol. The lowest BCUT2D eigenvalue weighted by Gasteiger charge is -2.17. The van der Waals surface area contributed by atoms with Crippen molar-refractivity contribution in [2.45, 2.75) is 12.6 Å². The minimum atomic E-state index is -4.76. The topological polar surface area (TPSA) is 57.6 Å². The number of likely N-dealkylation sites (tertiary alicyclic amines) is 1. The predicted octanol–water partition coefficient (Wildman–Crippen LogP) is 2.39. The van der Waals surface area contributed by atoms with Crippen LogP contribution in [0.4, 0.5) is 17.6 Å². The summed E-state index contributed by atoms with van der Waals surface area (Å²) < 4.78 is 51.0. The molecule has 1 aliphatic rings. The molecule has 1 fully saturated rings. The number of alkyl halides is 3. The van der Waals surface area contributed by atoms with Crippen molar-refractivity contribution in [1.29, 1.82) is 0 Å². The molecule has 0 aliphatic carbocycles. The normalized spacial score (nSPS) is 18.9. The van der Waals surface area contributed by atoms with Crippen molar-refractivity contribution in [1.82, 2.24) is 4.90 Å². The van der Waals surface area contributed by atoms with Crippen LogP contribution in [0.25, 0.3) is 0 Å². The fourth-order valence-electron chi connectivity index (χ4n) is 2.21. The van der Waals surface area contributed by atoms with E-state index < -0.39 is 40.9 Å². The standard InChI is InChI=1S/C13H11F4NO3/c14-10-4-8(3-9(5-10)13(15,16)17)11(19)18-2-1-7(6-18)12(20)21/h3-5,7H,1-2,6H2,(H,20,21)/t7-/m0/s1. The van der Waals surface area contributed by atoms with Gasteiger partial charge in [-0.05, 0) is 24.6 Å². The Morgan fingerprint density at radius 3 is 2.43 bits per heavy atom. The molecule has 1 N–H and O–H groups in total. The molecule has 1 aromatic carbocycles. The van der Waals surface area contributed by atoms with Gasteiger partial charge in [-0.15, -0.1) is 0 Å². The number of carbonyl (C=O) groups excluding carboxylic acids is 1. The van der Waals surface area contributed by atoms with Gasteiger partial charge in [0.15, 0.2) is 0 Å². The second-order valence-corrected chi connectivity index (χ2v) is 4.80. The summed E-state index contributed by atoms with van der Waals surface area (Å²) in [6.45, 7) is 0.0275. The lowest BCUT2D eigenvalue weighted by Crippen LogP contribution is -2.30. The van der Waals surface area contributed by atoms with Crippen molar-refractivity contribution in [2.24, 2.45) is 5.92 Å². The Kier molecular flexibility index (Phi) is 3.89. The molecule has 1 aliphatic heterocycles. The minimum Gasteiger partial charge on any atom is -0.481 e. The van der Waals surface area contributed by atoms with E-state index in [1.807, 2.05) is 0 Å². The molecule has 1 aromatic rings. The van der Waals surface area contributed by atoms with Crippen LogP contribution in [0.15, 0.2) is 18.2 Å². The van der Waals surface area contributed by atoms with Gasteiger partial charge in [-0.3, -0.25) is 9.59 Å². The maximum atomic E-state index is 13.2. The summed E-state index contributed by atoms with van der Waals surface area (Å²) in [5.41, 5.74) is -1.69. The molecular formula is C13H11F4NO3. The van der Waals surface area contributed by atoms with Crippen molar-refractivity contribution in [3.05, 3.63) is 35.1 Å². The Morgan fingerprint density at radius 1 is 1.24 bits per heavy atom. The molecule has 0 aromatic heterocycles. The van der Waals surface area contributed by atoms with Crippen LogP contribution in [-0.4, -0.2) is 35.0 Å². The van der Waals surface area contributed by atoms with Crippen LogP contribution in [0.3, 0.4) is 0 Å². The third-order valence-electron chi connectivity index (χ3n) is 3.30. The van der Waals surface area contributed by atoms with E-state index >= 15 is 0 Å². The maximum absolute atomic E-state index is 13.2.